The maximum atomic E-state index is 12.6. The van der Waals surface area contributed by atoms with Gasteiger partial charge in [0.1, 0.15) is 17.9 Å². The van der Waals surface area contributed by atoms with Gasteiger partial charge >= 0.3 is 18.2 Å². The number of nitrogens with zero attached hydrogens (tertiary/aromatic N) is 1. The number of benzene rings is 2. The second-order valence-corrected chi connectivity index (χ2v) is 7.20. The minimum atomic E-state index is -4.67. The summed E-state index contributed by atoms with van der Waals surface area (Å²) in [6.07, 6.45) is -4.67. The van der Waals surface area contributed by atoms with Crippen molar-refractivity contribution in [2.45, 2.75) is 12.7 Å². The van der Waals surface area contributed by atoms with Crippen molar-refractivity contribution in [3.05, 3.63) is 64.7 Å². The smallest absolute Gasteiger partial charge is 0.405 e. The van der Waals surface area contributed by atoms with Crippen molar-refractivity contribution in [2.75, 3.05) is 20.3 Å². The van der Waals surface area contributed by atoms with Gasteiger partial charge in [0.2, 0.25) is 0 Å². The predicted molar refractivity (Wildman–Crippen MR) is 112 cm³/mol. The third-order valence-electron chi connectivity index (χ3n) is 4.74. The summed E-state index contributed by atoms with van der Waals surface area (Å²) < 4.78 is 46.2. The Balaban J connectivity index is 1.64. The number of esters is 1. The van der Waals surface area contributed by atoms with E-state index >= 15 is 0 Å². The largest absolute Gasteiger partial charge is 0.496 e. The normalized spacial score (nSPS) is 12.7. The molecule has 2 aromatic carbocycles. The Morgan fingerprint density at radius 3 is 2.20 bits per heavy atom. The average Bonchev–Trinajstić information content (AvgIpc) is 3.05. The maximum Gasteiger partial charge on any atom is 0.405 e. The summed E-state index contributed by atoms with van der Waals surface area (Å²) in [4.78, 5) is 61.6. The molecule has 2 N–H and O–H groups in total. The zero-order valence-corrected chi connectivity index (χ0v) is 18.1. The molecule has 5 amide bonds. The summed E-state index contributed by atoms with van der Waals surface area (Å²) in [6.45, 7) is -2.77. The maximum absolute atomic E-state index is 12.6. The molecule has 35 heavy (non-hydrogen) atoms. The summed E-state index contributed by atoms with van der Waals surface area (Å²) in [6, 6.07) is 9.13. The first kappa shape index (κ1) is 25.2. The summed E-state index contributed by atoms with van der Waals surface area (Å²) in [5.74, 6) is -3.14. The van der Waals surface area contributed by atoms with E-state index < -0.39 is 49.0 Å². The van der Waals surface area contributed by atoms with Crippen LogP contribution in [0, 0.1) is 0 Å². The highest BCUT2D eigenvalue weighted by atomic mass is 19.4. The number of methoxy groups -OCH3 is 1. The number of nitrogens with one attached hydrogen (secondary N) is 2. The van der Waals surface area contributed by atoms with Crippen LogP contribution in [0.4, 0.5) is 18.0 Å². The number of fused-ring (bicyclic) bond motifs is 1. The molecule has 0 saturated heterocycles. The number of hydrogen-bond acceptors (Lipinski definition) is 7. The van der Waals surface area contributed by atoms with Gasteiger partial charge in [-0.3, -0.25) is 24.6 Å². The van der Waals surface area contributed by atoms with E-state index in [1.165, 1.54) is 42.8 Å². The molecule has 13 heteroatoms. The van der Waals surface area contributed by atoms with Crippen LogP contribution in [-0.4, -0.2) is 61.1 Å². The first-order valence-electron chi connectivity index (χ1n) is 9.94. The fourth-order valence-electron chi connectivity index (χ4n) is 3.17. The number of halogens is 3. The van der Waals surface area contributed by atoms with E-state index in [9.17, 15) is 37.1 Å². The zero-order valence-electron chi connectivity index (χ0n) is 18.1. The van der Waals surface area contributed by atoms with E-state index in [1.54, 1.807) is 17.4 Å². The van der Waals surface area contributed by atoms with Crippen LogP contribution in [0.25, 0.3) is 0 Å². The molecule has 0 radical (unpaired) electrons. The minimum Gasteiger partial charge on any atom is -0.496 e. The molecular weight excluding hydrogens is 475 g/mol. The molecule has 0 aliphatic carbocycles. The third-order valence-corrected chi connectivity index (χ3v) is 4.74. The Hall–Kier alpha value is -4.42. The lowest BCUT2D eigenvalue weighted by atomic mass is 10.1. The number of imide groups is 2. The molecule has 0 fully saturated rings. The van der Waals surface area contributed by atoms with E-state index in [0.29, 0.717) is 5.56 Å². The molecular formula is C22H18F3N3O7. The lowest BCUT2D eigenvalue weighted by molar-refractivity contribution is -0.125. The van der Waals surface area contributed by atoms with Crippen LogP contribution in [0.2, 0.25) is 0 Å². The van der Waals surface area contributed by atoms with Crippen LogP contribution < -0.4 is 15.4 Å². The second kappa shape index (κ2) is 10.2. The van der Waals surface area contributed by atoms with Gasteiger partial charge in [0.15, 0.2) is 6.61 Å². The molecule has 184 valence electrons. The van der Waals surface area contributed by atoms with Gasteiger partial charge in [0.05, 0.1) is 24.8 Å². The van der Waals surface area contributed by atoms with Crippen LogP contribution >= 0.6 is 0 Å². The van der Waals surface area contributed by atoms with E-state index in [0.717, 1.165) is 4.90 Å². The fraction of sp³-hybridized carbons (Fsp3) is 0.227. The SMILES string of the molecule is COc1ccc(CN2C(=O)c3ccccc3C2=O)cc1C(=O)OCC(=O)NC(=O)NCC(F)(F)F. The van der Waals surface area contributed by atoms with Gasteiger partial charge in [-0.05, 0) is 29.8 Å². The molecule has 1 aliphatic heterocycles. The van der Waals surface area contributed by atoms with Crippen molar-refractivity contribution in [1.82, 2.24) is 15.5 Å². The highest BCUT2D eigenvalue weighted by Gasteiger charge is 2.35. The van der Waals surface area contributed by atoms with Gasteiger partial charge in [0, 0.05) is 0 Å². The summed E-state index contributed by atoms with van der Waals surface area (Å²) >= 11 is 0. The van der Waals surface area contributed by atoms with Crippen molar-refractivity contribution >= 4 is 29.7 Å². The number of alkyl halides is 3. The Morgan fingerprint density at radius 2 is 1.63 bits per heavy atom. The monoisotopic (exact) mass is 493 g/mol. The zero-order chi connectivity index (χ0) is 25.8. The molecule has 1 aliphatic rings. The first-order valence-corrected chi connectivity index (χ1v) is 9.94. The number of ether oxygens (including phenoxy) is 2. The number of carbonyl (C=O) groups is 5. The summed E-state index contributed by atoms with van der Waals surface area (Å²) in [5.41, 5.74) is 0.756. The molecule has 10 nitrogen and oxygen atoms in total. The molecule has 0 spiro atoms. The molecule has 0 saturated carbocycles. The first-order chi connectivity index (χ1) is 16.5. The summed E-state index contributed by atoms with van der Waals surface area (Å²) in [7, 11) is 1.27. The van der Waals surface area contributed by atoms with Gasteiger partial charge in [0.25, 0.3) is 17.7 Å². The molecule has 0 bridgehead atoms. The topological polar surface area (TPSA) is 131 Å². The van der Waals surface area contributed by atoms with Gasteiger partial charge in [-0.1, -0.05) is 18.2 Å². The Kier molecular flexibility index (Phi) is 7.37. The van der Waals surface area contributed by atoms with Gasteiger partial charge in [-0.15, -0.1) is 0 Å². The Morgan fingerprint density at radius 1 is 1.00 bits per heavy atom. The van der Waals surface area contributed by atoms with Gasteiger partial charge in [-0.25, -0.2) is 9.59 Å². The molecule has 0 aromatic heterocycles. The van der Waals surface area contributed by atoms with Crippen molar-refractivity contribution < 1.29 is 46.6 Å². The number of carbonyl (C=O) groups excluding carboxylic acids is 5. The second-order valence-electron chi connectivity index (χ2n) is 7.20. The van der Waals surface area contributed by atoms with Crippen molar-refractivity contribution in [3.63, 3.8) is 0 Å². The minimum absolute atomic E-state index is 0.0597. The van der Waals surface area contributed by atoms with Crippen molar-refractivity contribution in [1.29, 1.82) is 0 Å². The molecule has 0 atom stereocenters. The molecule has 2 aromatic rings. The van der Waals surface area contributed by atoms with E-state index in [-0.39, 0.29) is 29.0 Å². The Bertz CT molecular complexity index is 1160. The third kappa shape index (κ3) is 6.13. The average molecular weight is 493 g/mol. The van der Waals surface area contributed by atoms with Crippen LogP contribution in [0.15, 0.2) is 42.5 Å². The molecule has 0 unspecified atom stereocenters. The summed E-state index contributed by atoms with van der Waals surface area (Å²) in [5, 5.41) is 3.02. The van der Waals surface area contributed by atoms with E-state index in [4.69, 9.17) is 9.47 Å². The van der Waals surface area contributed by atoms with E-state index in [2.05, 4.69) is 0 Å². The fourth-order valence-corrected chi connectivity index (χ4v) is 3.17. The number of rotatable bonds is 7. The van der Waals surface area contributed by atoms with E-state index in [1.807, 2.05) is 0 Å². The molecule has 3 rings (SSSR count). The quantitative estimate of drug-likeness (QED) is 0.446. The Labute approximate surface area is 196 Å². The van der Waals surface area contributed by atoms with Crippen LogP contribution in [-0.2, 0) is 16.1 Å². The lowest BCUT2D eigenvalue weighted by Crippen LogP contribution is -2.44. The van der Waals surface area contributed by atoms with Crippen LogP contribution in [0.3, 0.4) is 0 Å². The predicted octanol–water partition coefficient (Wildman–Crippen LogP) is 2.04. The highest BCUT2D eigenvalue weighted by molar-refractivity contribution is 6.21. The standard InChI is InChI=1S/C22H18F3N3O7/c1-34-16-7-6-12(9-28-18(30)13-4-2-3-5-14(13)19(28)31)8-15(16)20(32)35-10-17(29)27-21(33)26-11-22(23,24)25/h2-8H,9-11H2,1H3,(H2,26,27,29,33). The van der Waals surface area contributed by atoms with Crippen molar-refractivity contribution in [3.8, 4) is 5.75 Å². The lowest BCUT2D eigenvalue weighted by Gasteiger charge is -2.16. The van der Waals surface area contributed by atoms with Gasteiger partial charge in [-0.2, -0.15) is 13.2 Å². The van der Waals surface area contributed by atoms with Crippen LogP contribution in [0.5, 0.6) is 5.75 Å². The number of hydrogen-bond donors (Lipinski definition) is 2. The number of urea groups is 1. The number of amides is 5. The highest BCUT2D eigenvalue weighted by Crippen LogP contribution is 2.26. The van der Waals surface area contributed by atoms with Crippen molar-refractivity contribution in [2.24, 2.45) is 0 Å². The van der Waals surface area contributed by atoms with Gasteiger partial charge < -0.3 is 14.8 Å². The van der Waals surface area contributed by atoms with Crippen LogP contribution in [0.1, 0.15) is 36.6 Å². The molecule has 1 heterocycles.